The summed E-state index contributed by atoms with van der Waals surface area (Å²) in [6.45, 7) is 4.62. The van der Waals surface area contributed by atoms with Crippen LogP contribution >= 0.6 is 15.9 Å². The van der Waals surface area contributed by atoms with Crippen molar-refractivity contribution < 1.29 is 4.74 Å². The van der Waals surface area contributed by atoms with Crippen molar-refractivity contribution in [1.82, 2.24) is 4.98 Å². The second-order valence-electron chi connectivity index (χ2n) is 4.85. The first-order valence-corrected chi connectivity index (χ1v) is 7.15. The third-order valence-corrected chi connectivity index (χ3v) is 3.84. The summed E-state index contributed by atoms with van der Waals surface area (Å²) in [7, 11) is 0. The molecule has 1 aromatic carbocycles. The number of nitrogens with two attached hydrogens (primary N) is 1. The van der Waals surface area contributed by atoms with Crippen LogP contribution in [0.2, 0.25) is 0 Å². The van der Waals surface area contributed by atoms with Crippen molar-refractivity contribution >= 4 is 38.2 Å². The third kappa shape index (κ3) is 2.40. The smallest absolute Gasteiger partial charge is 0.0956 e. The van der Waals surface area contributed by atoms with E-state index in [-0.39, 0.29) is 6.10 Å². The number of fused-ring (bicyclic) bond motifs is 1. The fourth-order valence-electron chi connectivity index (χ4n) is 2.49. The van der Waals surface area contributed by atoms with Crippen LogP contribution in [0.4, 0.5) is 11.4 Å². The van der Waals surface area contributed by atoms with Gasteiger partial charge in [0.1, 0.15) is 0 Å². The molecule has 5 heteroatoms. The van der Waals surface area contributed by atoms with Gasteiger partial charge in [-0.25, -0.2) is 0 Å². The van der Waals surface area contributed by atoms with Crippen LogP contribution in [0.1, 0.15) is 6.92 Å². The molecule has 2 heterocycles. The number of morpholine rings is 1. The largest absolute Gasteiger partial charge is 0.398 e. The molecule has 0 bridgehead atoms. The topological polar surface area (TPSA) is 51.4 Å². The zero-order chi connectivity index (χ0) is 13.4. The van der Waals surface area contributed by atoms with E-state index in [9.17, 15) is 0 Å². The van der Waals surface area contributed by atoms with E-state index < -0.39 is 0 Å². The zero-order valence-corrected chi connectivity index (χ0v) is 12.4. The van der Waals surface area contributed by atoms with Crippen LogP contribution in [0, 0.1) is 0 Å². The lowest BCUT2D eigenvalue weighted by atomic mass is 10.1. The minimum atomic E-state index is 0.247. The van der Waals surface area contributed by atoms with Crippen LogP contribution < -0.4 is 10.6 Å². The number of aromatic nitrogens is 1. The van der Waals surface area contributed by atoms with E-state index in [0.717, 1.165) is 46.4 Å². The summed E-state index contributed by atoms with van der Waals surface area (Å²) in [5, 5.41) is 0.992. The number of rotatable bonds is 1. The van der Waals surface area contributed by atoms with Crippen LogP contribution in [-0.2, 0) is 4.74 Å². The summed E-state index contributed by atoms with van der Waals surface area (Å²) >= 11 is 3.45. The average Bonchev–Trinajstić information content (AvgIpc) is 2.40. The zero-order valence-electron chi connectivity index (χ0n) is 10.8. The minimum Gasteiger partial charge on any atom is -0.398 e. The second-order valence-corrected chi connectivity index (χ2v) is 5.77. The molecule has 0 aliphatic carbocycles. The highest BCUT2D eigenvalue weighted by atomic mass is 79.9. The van der Waals surface area contributed by atoms with Crippen LogP contribution in [0.15, 0.2) is 28.9 Å². The van der Waals surface area contributed by atoms with Gasteiger partial charge in [0.2, 0.25) is 0 Å². The Labute approximate surface area is 120 Å². The van der Waals surface area contributed by atoms with Gasteiger partial charge in [0, 0.05) is 34.8 Å². The van der Waals surface area contributed by atoms with Gasteiger partial charge in [0.05, 0.1) is 23.9 Å². The molecule has 2 aromatic rings. The van der Waals surface area contributed by atoms with Gasteiger partial charge >= 0.3 is 0 Å². The van der Waals surface area contributed by atoms with Crippen LogP contribution in [0.25, 0.3) is 10.9 Å². The number of nitrogens with zero attached hydrogens (tertiary/aromatic N) is 2. The summed E-state index contributed by atoms with van der Waals surface area (Å²) in [6, 6.07) is 6.02. The van der Waals surface area contributed by atoms with Crippen molar-refractivity contribution in [2.75, 3.05) is 30.3 Å². The molecule has 100 valence electrons. The molecule has 1 aliphatic heterocycles. The quantitative estimate of drug-likeness (QED) is 0.820. The molecule has 3 rings (SSSR count). The molecule has 1 aromatic heterocycles. The van der Waals surface area contributed by atoms with Crippen molar-refractivity contribution in [3.05, 3.63) is 28.9 Å². The molecule has 0 spiro atoms. The highest BCUT2D eigenvalue weighted by molar-refractivity contribution is 9.10. The summed E-state index contributed by atoms with van der Waals surface area (Å²) in [6.07, 6.45) is 2.06. The summed E-state index contributed by atoms with van der Waals surface area (Å²) < 4.78 is 6.53. The fraction of sp³-hybridized carbons (Fsp3) is 0.357. The Bertz CT molecular complexity index is 617. The van der Waals surface area contributed by atoms with Gasteiger partial charge in [-0.05, 0) is 41.1 Å². The first-order valence-electron chi connectivity index (χ1n) is 6.35. The standard InChI is InChI=1S/C14H16BrN3O/c1-9-8-18(4-5-19-9)13-3-2-12(16)11-6-10(15)7-17-14(11)13/h2-3,6-7,9H,4-5,8,16H2,1H3. The number of nitrogen functional groups attached to an aromatic ring is 1. The molecular formula is C14H16BrN3O. The first-order chi connectivity index (χ1) is 9.15. The van der Waals surface area contributed by atoms with Gasteiger partial charge in [-0.2, -0.15) is 0 Å². The van der Waals surface area contributed by atoms with E-state index in [1.165, 1.54) is 0 Å². The van der Waals surface area contributed by atoms with E-state index >= 15 is 0 Å². The van der Waals surface area contributed by atoms with Crippen LogP contribution in [-0.4, -0.2) is 30.8 Å². The molecular weight excluding hydrogens is 306 g/mol. The van der Waals surface area contributed by atoms with Gasteiger partial charge in [-0.3, -0.25) is 4.98 Å². The number of ether oxygens (including phenoxy) is 1. The van der Waals surface area contributed by atoms with Gasteiger partial charge in [-0.15, -0.1) is 0 Å². The van der Waals surface area contributed by atoms with Gasteiger partial charge in [-0.1, -0.05) is 0 Å². The highest BCUT2D eigenvalue weighted by Crippen LogP contribution is 2.31. The summed E-state index contributed by atoms with van der Waals surface area (Å²) in [5.41, 5.74) is 8.89. The van der Waals surface area contributed by atoms with Crippen molar-refractivity contribution in [2.24, 2.45) is 0 Å². The van der Waals surface area contributed by atoms with E-state index in [1.54, 1.807) is 0 Å². The number of anilines is 2. The minimum absolute atomic E-state index is 0.247. The lowest BCUT2D eigenvalue weighted by Crippen LogP contribution is -2.41. The molecule has 2 N–H and O–H groups in total. The number of benzene rings is 1. The van der Waals surface area contributed by atoms with E-state index in [4.69, 9.17) is 10.5 Å². The Morgan fingerprint density at radius 1 is 1.47 bits per heavy atom. The Morgan fingerprint density at radius 2 is 2.32 bits per heavy atom. The third-order valence-electron chi connectivity index (χ3n) is 3.41. The lowest BCUT2D eigenvalue weighted by molar-refractivity contribution is 0.0533. The van der Waals surface area contributed by atoms with Gasteiger partial charge < -0.3 is 15.4 Å². The van der Waals surface area contributed by atoms with Gasteiger partial charge in [0.25, 0.3) is 0 Å². The predicted molar refractivity (Wildman–Crippen MR) is 81.5 cm³/mol. The van der Waals surface area contributed by atoms with E-state index in [1.807, 2.05) is 18.3 Å². The molecule has 1 atom stereocenters. The summed E-state index contributed by atoms with van der Waals surface area (Å²) in [5.74, 6) is 0. The number of pyridine rings is 1. The Hall–Kier alpha value is -1.33. The number of hydrogen-bond donors (Lipinski definition) is 1. The summed E-state index contributed by atoms with van der Waals surface area (Å²) in [4.78, 5) is 6.85. The molecule has 0 amide bonds. The Morgan fingerprint density at radius 3 is 3.11 bits per heavy atom. The molecule has 0 radical (unpaired) electrons. The van der Waals surface area contributed by atoms with E-state index in [2.05, 4.69) is 38.8 Å². The average molecular weight is 322 g/mol. The van der Waals surface area contributed by atoms with Crippen molar-refractivity contribution in [1.29, 1.82) is 0 Å². The Balaban J connectivity index is 2.11. The molecule has 1 saturated heterocycles. The van der Waals surface area contributed by atoms with E-state index in [0.29, 0.717) is 0 Å². The first kappa shape index (κ1) is 12.7. The highest BCUT2D eigenvalue weighted by Gasteiger charge is 2.19. The second kappa shape index (κ2) is 4.98. The molecule has 1 aliphatic rings. The normalized spacial score (nSPS) is 19.9. The van der Waals surface area contributed by atoms with Crippen LogP contribution in [0.5, 0.6) is 0 Å². The number of hydrogen-bond acceptors (Lipinski definition) is 4. The maximum atomic E-state index is 6.05. The molecule has 19 heavy (non-hydrogen) atoms. The van der Waals surface area contributed by atoms with Crippen molar-refractivity contribution in [3.63, 3.8) is 0 Å². The monoisotopic (exact) mass is 321 g/mol. The van der Waals surface area contributed by atoms with Crippen LogP contribution in [0.3, 0.4) is 0 Å². The SMILES string of the molecule is CC1CN(c2ccc(N)c3cc(Br)cnc23)CCO1. The van der Waals surface area contributed by atoms with Gasteiger partial charge in [0.15, 0.2) is 0 Å². The number of halogens is 1. The molecule has 4 nitrogen and oxygen atoms in total. The maximum absolute atomic E-state index is 6.05. The predicted octanol–water partition coefficient (Wildman–Crippen LogP) is 2.80. The molecule has 1 unspecified atom stereocenters. The molecule has 1 fully saturated rings. The lowest BCUT2D eigenvalue weighted by Gasteiger charge is -2.33. The molecule has 0 saturated carbocycles. The fourth-order valence-corrected chi connectivity index (χ4v) is 2.82. The Kier molecular flexibility index (Phi) is 3.33. The van der Waals surface area contributed by atoms with Crippen molar-refractivity contribution in [2.45, 2.75) is 13.0 Å². The van der Waals surface area contributed by atoms with Crippen molar-refractivity contribution in [3.8, 4) is 0 Å². The maximum Gasteiger partial charge on any atom is 0.0956 e.